The maximum absolute atomic E-state index is 10.5. The van der Waals surface area contributed by atoms with E-state index in [1.165, 1.54) is 0 Å². The van der Waals surface area contributed by atoms with E-state index in [2.05, 4.69) is 0 Å². The van der Waals surface area contributed by atoms with E-state index in [4.69, 9.17) is 4.74 Å². The molecule has 0 aliphatic rings. The molecule has 0 saturated carbocycles. The Labute approximate surface area is 206 Å². The number of hydrogen-bond donors (Lipinski definition) is 3. The second-order valence-corrected chi connectivity index (χ2v) is 9.12. The Hall–Kier alpha value is -4.12. The van der Waals surface area contributed by atoms with Crippen molar-refractivity contribution >= 4 is 17.1 Å². The van der Waals surface area contributed by atoms with Crippen molar-refractivity contribution < 1.29 is 20.1 Å². The molecule has 0 saturated heterocycles. The third-order valence-electron chi connectivity index (χ3n) is 6.55. The first-order chi connectivity index (χ1) is 16.6. The first kappa shape index (κ1) is 24.0. The molecule has 0 unspecified atom stereocenters. The SMILES string of the molecule is Cc1cc(C)c(Oc2ccccc2N(c2cc(O)cc(C)c2C)c2cc(O)cc(C)c2C)cc1O. The van der Waals surface area contributed by atoms with E-state index < -0.39 is 0 Å². The monoisotopic (exact) mass is 469 g/mol. The van der Waals surface area contributed by atoms with Crippen LogP contribution in [-0.4, -0.2) is 15.3 Å². The van der Waals surface area contributed by atoms with Gasteiger partial charge in [-0.25, -0.2) is 0 Å². The van der Waals surface area contributed by atoms with Crippen LogP contribution < -0.4 is 9.64 Å². The van der Waals surface area contributed by atoms with Crippen LogP contribution >= 0.6 is 0 Å². The van der Waals surface area contributed by atoms with Crippen LogP contribution in [0.3, 0.4) is 0 Å². The standard InChI is InChI=1S/C30H31NO4/c1-17-12-23(32)14-26(21(17)5)31(27-15-24(33)13-18(2)22(27)6)25-9-7-8-10-29(25)35-30-16-28(34)19(3)11-20(30)4/h7-16,32-34H,1-6H3. The molecular weight excluding hydrogens is 438 g/mol. The minimum Gasteiger partial charge on any atom is -0.508 e. The highest BCUT2D eigenvalue weighted by Crippen LogP contribution is 2.47. The van der Waals surface area contributed by atoms with E-state index in [1.54, 1.807) is 30.3 Å². The highest BCUT2D eigenvalue weighted by molar-refractivity contribution is 5.85. The largest absolute Gasteiger partial charge is 0.508 e. The fourth-order valence-corrected chi connectivity index (χ4v) is 4.28. The molecule has 4 aromatic carbocycles. The number of phenolic OH excluding ortho intramolecular Hbond substituents is 3. The number of rotatable bonds is 5. The summed E-state index contributed by atoms with van der Waals surface area (Å²) in [6, 6.07) is 18.0. The molecule has 0 atom stereocenters. The number of aryl methyl sites for hydroxylation is 4. The van der Waals surface area contributed by atoms with E-state index in [0.717, 1.165) is 50.4 Å². The van der Waals surface area contributed by atoms with Crippen molar-refractivity contribution in [1.29, 1.82) is 0 Å². The number of anilines is 3. The normalized spacial score (nSPS) is 10.9. The fraction of sp³-hybridized carbons (Fsp3) is 0.200. The first-order valence-corrected chi connectivity index (χ1v) is 11.5. The number of ether oxygens (including phenoxy) is 1. The lowest BCUT2D eigenvalue weighted by molar-refractivity contribution is 0.450. The molecule has 180 valence electrons. The van der Waals surface area contributed by atoms with Crippen molar-refractivity contribution in [2.24, 2.45) is 0 Å². The van der Waals surface area contributed by atoms with Gasteiger partial charge in [0.1, 0.15) is 23.0 Å². The van der Waals surface area contributed by atoms with E-state index in [1.807, 2.05) is 76.8 Å². The summed E-state index contributed by atoms with van der Waals surface area (Å²) < 4.78 is 6.37. The van der Waals surface area contributed by atoms with Crippen molar-refractivity contribution in [3.63, 3.8) is 0 Å². The molecule has 0 heterocycles. The molecule has 0 bridgehead atoms. The highest BCUT2D eigenvalue weighted by atomic mass is 16.5. The molecule has 5 nitrogen and oxygen atoms in total. The molecule has 0 fully saturated rings. The third kappa shape index (κ3) is 4.62. The molecule has 0 amide bonds. The molecule has 3 N–H and O–H groups in total. The average Bonchev–Trinajstić information content (AvgIpc) is 2.79. The topological polar surface area (TPSA) is 73.2 Å². The maximum Gasteiger partial charge on any atom is 0.151 e. The van der Waals surface area contributed by atoms with Crippen molar-refractivity contribution in [2.45, 2.75) is 41.5 Å². The second-order valence-electron chi connectivity index (χ2n) is 9.12. The third-order valence-corrected chi connectivity index (χ3v) is 6.55. The van der Waals surface area contributed by atoms with Gasteiger partial charge >= 0.3 is 0 Å². The van der Waals surface area contributed by atoms with E-state index in [9.17, 15) is 15.3 Å². The van der Waals surface area contributed by atoms with Crippen LogP contribution in [0.25, 0.3) is 0 Å². The molecule has 4 aromatic rings. The number of phenols is 3. The number of nitrogens with zero attached hydrogens (tertiary/aromatic N) is 1. The zero-order chi connectivity index (χ0) is 25.4. The summed E-state index contributed by atoms with van der Waals surface area (Å²) in [6.07, 6.45) is 0. The predicted molar refractivity (Wildman–Crippen MR) is 141 cm³/mol. The Kier molecular flexibility index (Phi) is 6.35. The van der Waals surface area contributed by atoms with E-state index >= 15 is 0 Å². The van der Waals surface area contributed by atoms with Gasteiger partial charge in [0.2, 0.25) is 0 Å². The molecule has 5 heteroatoms. The maximum atomic E-state index is 10.5. The Bertz CT molecular complexity index is 1370. The minimum atomic E-state index is 0.153. The summed E-state index contributed by atoms with van der Waals surface area (Å²) in [5.41, 5.74) is 7.81. The van der Waals surface area contributed by atoms with Gasteiger partial charge in [0.15, 0.2) is 5.75 Å². The van der Waals surface area contributed by atoms with Gasteiger partial charge in [0.25, 0.3) is 0 Å². The van der Waals surface area contributed by atoms with Crippen molar-refractivity contribution in [2.75, 3.05) is 4.90 Å². The van der Waals surface area contributed by atoms with Crippen LogP contribution in [0.4, 0.5) is 17.1 Å². The average molecular weight is 470 g/mol. The smallest absolute Gasteiger partial charge is 0.151 e. The van der Waals surface area contributed by atoms with Gasteiger partial charge < -0.3 is 25.0 Å². The van der Waals surface area contributed by atoms with Gasteiger partial charge in [-0.15, -0.1) is 0 Å². The summed E-state index contributed by atoms with van der Waals surface area (Å²) in [6.45, 7) is 11.7. The molecule has 0 aliphatic carbocycles. The van der Waals surface area contributed by atoms with Crippen LogP contribution in [0.2, 0.25) is 0 Å². The zero-order valence-corrected chi connectivity index (χ0v) is 21.0. The van der Waals surface area contributed by atoms with Crippen molar-refractivity contribution in [3.8, 4) is 28.7 Å². The second kappa shape index (κ2) is 9.26. The van der Waals surface area contributed by atoms with Crippen LogP contribution in [0, 0.1) is 41.5 Å². The lowest BCUT2D eigenvalue weighted by atomic mass is 10.0. The summed E-state index contributed by atoms with van der Waals surface area (Å²) in [5.74, 6) is 1.59. The van der Waals surface area contributed by atoms with E-state index in [-0.39, 0.29) is 17.2 Å². The first-order valence-electron chi connectivity index (χ1n) is 11.5. The summed E-state index contributed by atoms with van der Waals surface area (Å²) >= 11 is 0. The molecule has 0 aliphatic heterocycles. The number of hydrogen-bond acceptors (Lipinski definition) is 5. The van der Waals surface area contributed by atoms with Crippen LogP contribution in [0.1, 0.15) is 33.4 Å². The molecular formula is C30H31NO4. The molecule has 4 rings (SSSR count). The van der Waals surface area contributed by atoms with Gasteiger partial charge in [-0.2, -0.15) is 0 Å². The minimum absolute atomic E-state index is 0.153. The number of benzene rings is 4. The van der Waals surface area contributed by atoms with Crippen molar-refractivity contribution in [3.05, 3.63) is 94.0 Å². The summed E-state index contributed by atoms with van der Waals surface area (Å²) in [7, 11) is 0. The van der Waals surface area contributed by atoms with Crippen LogP contribution in [0.5, 0.6) is 28.7 Å². The van der Waals surface area contributed by atoms with Crippen molar-refractivity contribution in [1.82, 2.24) is 0 Å². The Morgan fingerprint density at radius 3 is 1.66 bits per heavy atom. The molecule has 0 radical (unpaired) electrons. The molecule has 0 aromatic heterocycles. The Morgan fingerprint density at radius 2 is 1.09 bits per heavy atom. The predicted octanol–water partition coefficient (Wildman–Crippen LogP) is 7.92. The summed E-state index contributed by atoms with van der Waals surface area (Å²) in [5, 5.41) is 31.3. The number of aromatic hydroxyl groups is 3. The lowest BCUT2D eigenvalue weighted by Crippen LogP contribution is -2.14. The van der Waals surface area contributed by atoms with Gasteiger partial charge in [-0.05, 0) is 105 Å². The van der Waals surface area contributed by atoms with Gasteiger partial charge in [0, 0.05) is 18.2 Å². The molecule has 35 heavy (non-hydrogen) atoms. The number of para-hydroxylation sites is 2. The van der Waals surface area contributed by atoms with Crippen LogP contribution in [0.15, 0.2) is 60.7 Å². The van der Waals surface area contributed by atoms with Gasteiger partial charge in [0.05, 0.1) is 17.1 Å². The fourth-order valence-electron chi connectivity index (χ4n) is 4.28. The van der Waals surface area contributed by atoms with E-state index in [0.29, 0.717) is 11.5 Å². The quantitative estimate of drug-likeness (QED) is 0.277. The van der Waals surface area contributed by atoms with Crippen LogP contribution in [-0.2, 0) is 0 Å². The lowest BCUT2D eigenvalue weighted by Gasteiger charge is -2.31. The Morgan fingerprint density at radius 1 is 0.543 bits per heavy atom. The molecule has 0 spiro atoms. The summed E-state index contributed by atoms with van der Waals surface area (Å²) in [4.78, 5) is 2.00. The van der Waals surface area contributed by atoms with Gasteiger partial charge in [-0.3, -0.25) is 0 Å². The highest BCUT2D eigenvalue weighted by Gasteiger charge is 2.23. The Balaban J connectivity index is 1.99. The van der Waals surface area contributed by atoms with Gasteiger partial charge in [-0.1, -0.05) is 12.1 Å². The zero-order valence-electron chi connectivity index (χ0n) is 21.0.